The van der Waals surface area contributed by atoms with Crippen molar-refractivity contribution in [3.8, 4) is 22.6 Å². The maximum absolute atomic E-state index is 14.3. The molecule has 4 fully saturated rings. The van der Waals surface area contributed by atoms with Crippen LogP contribution in [-0.4, -0.2) is 190 Å². The molecule has 18 atom stereocenters. The highest BCUT2D eigenvalue weighted by Gasteiger charge is 2.54. The third-order valence-corrected chi connectivity index (χ3v) is 12.5. The lowest BCUT2D eigenvalue weighted by Gasteiger charge is -2.48. The molecule has 4 saturated heterocycles. The molecule has 8 unspecified atom stereocenters. The number of amides is 1. The Hall–Kier alpha value is -6.27. The van der Waals surface area contributed by atoms with Gasteiger partial charge in [-0.15, -0.1) is 0 Å². The van der Waals surface area contributed by atoms with Crippen LogP contribution in [0.15, 0.2) is 97.1 Å². The number of β-lactam (4-membered cyclic amide) rings is 1. The summed E-state index contributed by atoms with van der Waals surface area (Å²) >= 11 is 0. The summed E-state index contributed by atoms with van der Waals surface area (Å²) in [5.41, 5.74) is 1.12. The number of rotatable bonds is 16. The van der Waals surface area contributed by atoms with E-state index in [9.17, 15) is 84.8 Å². The van der Waals surface area contributed by atoms with E-state index in [1.807, 2.05) is 0 Å². The van der Waals surface area contributed by atoms with Gasteiger partial charge < -0.3 is 94.4 Å². The van der Waals surface area contributed by atoms with E-state index in [1.54, 1.807) is 36.4 Å². The number of aliphatic hydroxyl groups is 9. The Morgan fingerprint density at radius 2 is 1.08 bits per heavy atom. The van der Waals surface area contributed by atoms with E-state index < -0.39 is 147 Å². The van der Waals surface area contributed by atoms with Crippen molar-refractivity contribution in [3.05, 3.63) is 114 Å². The number of halogens is 1. The molecule has 4 heterocycles. The zero-order valence-corrected chi connectivity index (χ0v) is 37.0. The Morgan fingerprint density at radius 1 is 0.569 bits per heavy atom. The van der Waals surface area contributed by atoms with E-state index in [0.717, 1.165) is 12.1 Å². The van der Waals surface area contributed by atoms with Gasteiger partial charge in [-0.25, -0.2) is 18.8 Å². The first kappa shape index (κ1) is 52.1. The summed E-state index contributed by atoms with van der Waals surface area (Å²) in [6.45, 7) is -0.622. The summed E-state index contributed by atoms with van der Waals surface area (Å²) in [6.07, 6.45) is -33.1. The summed E-state index contributed by atoms with van der Waals surface area (Å²) in [5.74, 6) is -6.71. The van der Waals surface area contributed by atoms with Crippen LogP contribution in [0.4, 0.5) is 10.1 Å². The Balaban J connectivity index is 1.16. The molecular formula is C47H48FNO23. The summed E-state index contributed by atoms with van der Waals surface area (Å²) < 4.78 is 54.4. The average molecular weight is 1010 g/mol. The number of nitrogens with zero attached hydrogens (tertiary/aromatic N) is 1. The summed E-state index contributed by atoms with van der Waals surface area (Å²) in [7, 11) is 0. The van der Waals surface area contributed by atoms with Gasteiger partial charge in [-0.05, 0) is 59.2 Å². The van der Waals surface area contributed by atoms with Crippen molar-refractivity contribution in [2.75, 3.05) is 11.5 Å². The van der Waals surface area contributed by atoms with Gasteiger partial charge in [-0.2, -0.15) is 0 Å². The molecule has 24 nitrogen and oxygen atoms in total. The summed E-state index contributed by atoms with van der Waals surface area (Å²) in [4.78, 5) is 51.4. The van der Waals surface area contributed by atoms with Gasteiger partial charge in [0.2, 0.25) is 12.6 Å². The minimum Gasteiger partial charge on any atom is -0.479 e. The summed E-state index contributed by atoms with van der Waals surface area (Å²) in [5, 5.41) is 124. The maximum Gasteiger partial charge on any atom is 0.335 e. The standard InChI is InChI=1S/C47H48FNO23/c48-21-12-9-18(10-13-21)26(69-47-36(58)30(52)33(55)40(72-47)44(64)65)17-66-37-27(49(41(37)59)22-6-2-1-3-7-22)24-14-11-20(16-25(24)68-46-35(57)29(51)32(54)39(71-46)43(62)63)19-5-4-8-23(15-19)67-45-34(56)28(50)31(53)38(70-45)42(60)61/h1-16,26-40,45-47,50-58H,17H2,(H,60,61)(H,62,63)(H,64,65)/t26-,27+,28-,29-,30-,31?,32?,33-,34?,35?,36?,37+,38?,39?,40?,45+,46+,47+/m0/s1. The van der Waals surface area contributed by atoms with Crippen molar-refractivity contribution >= 4 is 29.5 Å². The number of carboxylic acid groups (broad SMARTS) is 3. The molecule has 0 radical (unpaired) electrons. The number of anilines is 1. The van der Waals surface area contributed by atoms with Crippen molar-refractivity contribution < 1.29 is 118 Å². The van der Waals surface area contributed by atoms with E-state index in [2.05, 4.69) is 0 Å². The number of carbonyl (C=O) groups excluding carboxylic acids is 1. The van der Waals surface area contributed by atoms with Crippen LogP contribution in [0.25, 0.3) is 11.1 Å². The molecule has 0 aromatic heterocycles. The molecule has 0 saturated carbocycles. The Bertz CT molecular complexity index is 2590. The first-order chi connectivity index (χ1) is 34.2. The third kappa shape index (κ3) is 10.3. The zero-order chi connectivity index (χ0) is 51.9. The molecule has 0 bridgehead atoms. The van der Waals surface area contributed by atoms with Crippen LogP contribution in [-0.2, 0) is 42.9 Å². The molecule has 4 aliphatic rings. The highest BCUT2D eigenvalue weighted by atomic mass is 19.1. The van der Waals surface area contributed by atoms with Gasteiger partial charge in [-0.3, -0.25) is 9.69 Å². The van der Waals surface area contributed by atoms with E-state index in [4.69, 9.17) is 33.2 Å². The number of carboxylic acids is 3. The van der Waals surface area contributed by atoms with Crippen LogP contribution in [0, 0.1) is 5.82 Å². The van der Waals surface area contributed by atoms with Crippen molar-refractivity contribution in [2.24, 2.45) is 0 Å². The van der Waals surface area contributed by atoms with Crippen molar-refractivity contribution in [2.45, 2.75) is 110 Å². The highest BCUT2D eigenvalue weighted by Crippen LogP contribution is 2.46. The van der Waals surface area contributed by atoms with Gasteiger partial charge >= 0.3 is 17.9 Å². The Kier molecular flexibility index (Phi) is 15.5. The minimum absolute atomic E-state index is 0.0511. The van der Waals surface area contributed by atoms with Crippen molar-refractivity contribution in [1.29, 1.82) is 0 Å². The third-order valence-electron chi connectivity index (χ3n) is 12.5. The molecule has 386 valence electrons. The van der Waals surface area contributed by atoms with Crippen LogP contribution >= 0.6 is 0 Å². The second-order valence-corrected chi connectivity index (χ2v) is 17.1. The number of aliphatic hydroxyl groups excluding tert-OH is 9. The Labute approximate surface area is 405 Å². The lowest BCUT2D eigenvalue weighted by molar-refractivity contribution is -0.309. The van der Waals surface area contributed by atoms with Crippen molar-refractivity contribution in [1.82, 2.24) is 0 Å². The van der Waals surface area contributed by atoms with Gasteiger partial charge in [-0.1, -0.05) is 54.6 Å². The molecular weight excluding hydrogens is 965 g/mol. The van der Waals surface area contributed by atoms with E-state index in [-0.39, 0.29) is 28.2 Å². The molecule has 0 aliphatic carbocycles. The van der Waals surface area contributed by atoms with Crippen LogP contribution in [0.1, 0.15) is 23.3 Å². The Morgan fingerprint density at radius 3 is 1.64 bits per heavy atom. The smallest absolute Gasteiger partial charge is 0.335 e. The molecule has 8 rings (SSSR count). The molecule has 4 aromatic carbocycles. The van der Waals surface area contributed by atoms with Gasteiger partial charge in [0, 0.05) is 11.3 Å². The van der Waals surface area contributed by atoms with E-state index >= 15 is 0 Å². The highest BCUT2D eigenvalue weighted by molar-refractivity contribution is 6.05. The van der Waals surface area contributed by atoms with E-state index in [0.29, 0.717) is 11.3 Å². The quantitative estimate of drug-likeness (QED) is 0.0549. The molecule has 1 amide bonds. The molecule has 25 heteroatoms. The maximum atomic E-state index is 14.3. The number of benzene rings is 4. The first-order valence-corrected chi connectivity index (χ1v) is 22.0. The van der Waals surface area contributed by atoms with Crippen molar-refractivity contribution in [3.63, 3.8) is 0 Å². The fourth-order valence-corrected chi connectivity index (χ4v) is 8.58. The number of ether oxygens (including phenoxy) is 7. The number of para-hydroxylation sites is 1. The van der Waals surface area contributed by atoms with Crippen LogP contribution in [0.3, 0.4) is 0 Å². The second-order valence-electron chi connectivity index (χ2n) is 17.1. The monoisotopic (exact) mass is 1010 g/mol. The molecule has 4 aliphatic heterocycles. The van der Waals surface area contributed by atoms with E-state index in [1.165, 1.54) is 53.4 Å². The molecule has 0 spiro atoms. The van der Waals surface area contributed by atoms with Crippen LogP contribution < -0.4 is 14.4 Å². The number of hydrogen-bond acceptors (Lipinski definition) is 20. The number of aliphatic carboxylic acids is 3. The zero-order valence-electron chi connectivity index (χ0n) is 37.0. The minimum atomic E-state index is -2.12. The van der Waals surface area contributed by atoms with Crippen LogP contribution in [0.5, 0.6) is 11.5 Å². The predicted octanol–water partition coefficient (Wildman–Crippen LogP) is -1.84. The number of carbonyl (C=O) groups is 4. The van der Waals surface area contributed by atoms with Crippen LogP contribution in [0.2, 0.25) is 0 Å². The van der Waals surface area contributed by atoms with Gasteiger partial charge in [0.15, 0.2) is 30.7 Å². The average Bonchev–Trinajstić information content (AvgIpc) is 3.36. The van der Waals surface area contributed by atoms with Gasteiger partial charge in [0.05, 0.1) is 6.61 Å². The second kappa shape index (κ2) is 21.4. The fourth-order valence-electron chi connectivity index (χ4n) is 8.58. The molecule has 12 N–H and O–H groups in total. The predicted molar refractivity (Wildman–Crippen MR) is 233 cm³/mol. The van der Waals surface area contributed by atoms with Gasteiger partial charge in [0.25, 0.3) is 5.91 Å². The topological polar surface area (TPSA) is 379 Å². The first-order valence-electron chi connectivity index (χ1n) is 22.0. The molecule has 72 heavy (non-hydrogen) atoms. The van der Waals surface area contributed by atoms with Gasteiger partial charge in [0.1, 0.15) is 84.4 Å². The largest absolute Gasteiger partial charge is 0.479 e. The fraction of sp³-hybridized carbons (Fsp3) is 0.404. The molecule has 4 aromatic rings. The lowest BCUT2D eigenvalue weighted by Crippen LogP contribution is -2.62. The normalized spacial score (nSPS) is 34.1. The SMILES string of the molecule is O=C(O)C1O[C@@H](Oc2cccc(-c3ccc([C@@H]4[C@@H](OC[C@H](O[C@@H]5OC(C(=O)O)[C@@H](O)[C@H](O)C5O)c5ccc(F)cc5)C(=O)N4c4ccccc4)c(O[C@@H]4OC(C(=O)O)C(O)[C@H](O)C4O)c3)c2)C(O)[C@@H](O)C1O. The summed E-state index contributed by atoms with van der Waals surface area (Å²) in [6, 6.07) is 21.7. The number of hydrogen-bond donors (Lipinski definition) is 12. The lowest BCUT2D eigenvalue weighted by atomic mass is 9.87.